The maximum atomic E-state index is 12.5. The van der Waals surface area contributed by atoms with E-state index in [1.807, 2.05) is 24.1 Å². The van der Waals surface area contributed by atoms with E-state index in [-0.39, 0.29) is 5.91 Å². The monoisotopic (exact) mass is 309 g/mol. The molecule has 1 fully saturated rings. The molecule has 0 spiro atoms. The van der Waals surface area contributed by atoms with Gasteiger partial charge in [-0.1, -0.05) is 49.4 Å². The smallest absolute Gasteiger partial charge is 0.263 e. The van der Waals surface area contributed by atoms with E-state index >= 15 is 0 Å². The molecule has 1 atom stereocenters. The van der Waals surface area contributed by atoms with Gasteiger partial charge in [0, 0.05) is 13.1 Å². The molecular formula is C17H24ClNO2. The molecule has 0 bridgehead atoms. The Kier molecular flexibility index (Phi) is 5.92. The molecule has 0 aromatic heterocycles. The summed E-state index contributed by atoms with van der Waals surface area (Å²) in [6.07, 6.45) is 6.67. The van der Waals surface area contributed by atoms with Crippen molar-refractivity contribution in [3.05, 3.63) is 29.3 Å². The largest absolute Gasteiger partial charge is 0.479 e. The zero-order valence-electron chi connectivity index (χ0n) is 12.8. The van der Waals surface area contributed by atoms with Crippen molar-refractivity contribution in [1.82, 2.24) is 4.90 Å². The first-order valence-corrected chi connectivity index (χ1v) is 8.15. The second-order valence-electron chi connectivity index (χ2n) is 5.79. The van der Waals surface area contributed by atoms with E-state index in [1.165, 1.54) is 25.7 Å². The van der Waals surface area contributed by atoms with Gasteiger partial charge in [-0.05, 0) is 31.9 Å². The number of ether oxygens (including phenoxy) is 1. The number of nitrogens with zero attached hydrogens (tertiary/aromatic N) is 1. The fourth-order valence-corrected chi connectivity index (χ4v) is 3.07. The van der Waals surface area contributed by atoms with Crippen LogP contribution in [-0.4, -0.2) is 30.0 Å². The van der Waals surface area contributed by atoms with Gasteiger partial charge in [0.2, 0.25) is 0 Å². The molecule has 1 aliphatic rings. The molecule has 1 aromatic carbocycles. The van der Waals surface area contributed by atoms with Crippen LogP contribution in [0.2, 0.25) is 5.02 Å². The molecule has 2 rings (SSSR count). The molecule has 4 heteroatoms. The summed E-state index contributed by atoms with van der Waals surface area (Å²) < 4.78 is 5.73. The molecule has 1 unspecified atom stereocenters. The van der Waals surface area contributed by atoms with Crippen LogP contribution in [0.5, 0.6) is 5.75 Å². The van der Waals surface area contributed by atoms with Crippen molar-refractivity contribution in [1.29, 1.82) is 0 Å². The van der Waals surface area contributed by atoms with Crippen molar-refractivity contribution >= 4 is 17.5 Å². The third-order valence-electron chi connectivity index (χ3n) is 4.21. The maximum Gasteiger partial charge on any atom is 0.263 e. The highest BCUT2D eigenvalue weighted by Gasteiger charge is 2.26. The van der Waals surface area contributed by atoms with Crippen LogP contribution >= 0.6 is 11.6 Å². The zero-order chi connectivity index (χ0) is 15.2. The van der Waals surface area contributed by atoms with Crippen LogP contribution < -0.4 is 4.74 Å². The SMILES string of the molecule is CC(Oc1ccccc1Cl)C(=O)N(C)C1CCCCCC1. The summed E-state index contributed by atoms with van der Waals surface area (Å²) in [6.45, 7) is 1.79. The lowest BCUT2D eigenvalue weighted by molar-refractivity contribution is -0.139. The van der Waals surface area contributed by atoms with E-state index in [0.717, 1.165) is 12.8 Å². The molecule has 3 nitrogen and oxygen atoms in total. The summed E-state index contributed by atoms with van der Waals surface area (Å²) in [6, 6.07) is 7.60. The average Bonchev–Trinajstić information content (AvgIpc) is 2.77. The van der Waals surface area contributed by atoms with Crippen molar-refractivity contribution in [3.63, 3.8) is 0 Å². The van der Waals surface area contributed by atoms with Gasteiger partial charge < -0.3 is 9.64 Å². The number of carbonyl (C=O) groups is 1. The van der Waals surface area contributed by atoms with Gasteiger partial charge in [0.25, 0.3) is 5.91 Å². The molecule has 116 valence electrons. The van der Waals surface area contributed by atoms with Crippen LogP contribution in [0, 0.1) is 0 Å². The number of amides is 1. The van der Waals surface area contributed by atoms with Crippen LogP contribution in [0.3, 0.4) is 0 Å². The summed E-state index contributed by atoms with van der Waals surface area (Å²) in [5.74, 6) is 0.594. The number of hydrogen-bond donors (Lipinski definition) is 0. The van der Waals surface area contributed by atoms with Gasteiger partial charge in [0.1, 0.15) is 5.75 Å². The van der Waals surface area contributed by atoms with Crippen LogP contribution in [0.4, 0.5) is 0 Å². The minimum atomic E-state index is -0.516. The predicted molar refractivity (Wildman–Crippen MR) is 85.8 cm³/mol. The maximum absolute atomic E-state index is 12.5. The highest BCUT2D eigenvalue weighted by Crippen LogP contribution is 2.26. The van der Waals surface area contributed by atoms with Crippen LogP contribution in [-0.2, 0) is 4.79 Å². The second-order valence-corrected chi connectivity index (χ2v) is 6.19. The lowest BCUT2D eigenvalue weighted by Crippen LogP contribution is -2.43. The Morgan fingerprint density at radius 3 is 2.48 bits per heavy atom. The Morgan fingerprint density at radius 2 is 1.86 bits per heavy atom. The molecular weight excluding hydrogens is 286 g/mol. The van der Waals surface area contributed by atoms with Crippen LogP contribution in [0.1, 0.15) is 45.4 Å². The first-order valence-electron chi connectivity index (χ1n) is 7.77. The van der Waals surface area contributed by atoms with Gasteiger partial charge in [-0.3, -0.25) is 4.79 Å². The molecule has 1 saturated carbocycles. The van der Waals surface area contributed by atoms with Gasteiger partial charge in [-0.2, -0.15) is 0 Å². The molecule has 0 heterocycles. The predicted octanol–water partition coefficient (Wildman–Crippen LogP) is 4.29. The lowest BCUT2D eigenvalue weighted by Gasteiger charge is -2.29. The van der Waals surface area contributed by atoms with Crippen molar-refractivity contribution < 1.29 is 9.53 Å². The first kappa shape index (κ1) is 16.2. The van der Waals surface area contributed by atoms with Crippen molar-refractivity contribution in [2.45, 2.75) is 57.6 Å². The molecule has 0 radical (unpaired) electrons. The molecule has 0 N–H and O–H groups in total. The number of para-hydroxylation sites is 1. The second kappa shape index (κ2) is 7.69. The third kappa shape index (κ3) is 4.37. The minimum absolute atomic E-state index is 0.0295. The van der Waals surface area contributed by atoms with Gasteiger partial charge in [-0.15, -0.1) is 0 Å². The average molecular weight is 310 g/mol. The van der Waals surface area contributed by atoms with E-state index in [2.05, 4.69) is 0 Å². The van der Waals surface area contributed by atoms with Crippen molar-refractivity contribution in [2.75, 3.05) is 7.05 Å². The Balaban J connectivity index is 1.96. The standard InChI is InChI=1S/C17H24ClNO2/c1-13(21-16-12-8-7-11-15(16)18)17(20)19(2)14-9-5-3-4-6-10-14/h7-8,11-14H,3-6,9-10H2,1-2H3. The first-order chi connectivity index (χ1) is 10.1. The lowest BCUT2D eigenvalue weighted by atomic mass is 10.1. The van der Waals surface area contributed by atoms with E-state index in [0.29, 0.717) is 16.8 Å². The number of carbonyl (C=O) groups excluding carboxylic acids is 1. The highest BCUT2D eigenvalue weighted by molar-refractivity contribution is 6.32. The molecule has 0 saturated heterocycles. The number of benzene rings is 1. The summed E-state index contributed by atoms with van der Waals surface area (Å²) in [5, 5.41) is 0.536. The Hall–Kier alpha value is -1.22. The number of rotatable bonds is 4. The van der Waals surface area contributed by atoms with E-state index in [9.17, 15) is 4.79 Å². The summed E-state index contributed by atoms with van der Waals surface area (Å²) >= 11 is 6.07. The summed E-state index contributed by atoms with van der Waals surface area (Å²) in [4.78, 5) is 14.4. The van der Waals surface area contributed by atoms with Gasteiger partial charge in [0.05, 0.1) is 5.02 Å². The fraction of sp³-hybridized carbons (Fsp3) is 0.588. The van der Waals surface area contributed by atoms with E-state index in [4.69, 9.17) is 16.3 Å². The Bertz CT molecular complexity index is 470. The Labute approximate surface area is 132 Å². The fourth-order valence-electron chi connectivity index (χ4n) is 2.89. The third-order valence-corrected chi connectivity index (χ3v) is 4.52. The van der Waals surface area contributed by atoms with Crippen LogP contribution in [0.25, 0.3) is 0 Å². The van der Waals surface area contributed by atoms with E-state index < -0.39 is 6.10 Å². The topological polar surface area (TPSA) is 29.5 Å². The summed E-state index contributed by atoms with van der Waals surface area (Å²) in [5.41, 5.74) is 0. The van der Waals surface area contributed by atoms with Gasteiger partial charge >= 0.3 is 0 Å². The number of hydrogen-bond acceptors (Lipinski definition) is 2. The molecule has 1 aromatic rings. The molecule has 21 heavy (non-hydrogen) atoms. The van der Waals surface area contributed by atoms with Crippen LogP contribution in [0.15, 0.2) is 24.3 Å². The summed E-state index contributed by atoms with van der Waals surface area (Å²) in [7, 11) is 1.89. The van der Waals surface area contributed by atoms with Gasteiger partial charge in [0.15, 0.2) is 6.10 Å². The number of likely N-dealkylation sites (N-methyl/N-ethyl adjacent to an activating group) is 1. The zero-order valence-corrected chi connectivity index (χ0v) is 13.6. The van der Waals surface area contributed by atoms with Crippen molar-refractivity contribution in [2.24, 2.45) is 0 Å². The highest BCUT2D eigenvalue weighted by atomic mass is 35.5. The molecule has 1 amide bonds. The quantitative estimate of drug-likeness (QED) is 0.777. The normalized spacial score (nSPS) is 17.9. The molecule has 1 aliphatic carbocycles. The number of halogens is 1. The van der Waals surface area contributed by atoms with Crippen molar-refractivity contribution in [3.8, 4) is 5.75 Å². The molecule has 0 aliphatic heterocycles. The minimum Gasteiger partial charge on any atom is -0.479 e. The Morgan fingerprint density at radius 1 is 1.24 bits per heavy atom. The van der Waals surface area contributed by atoms with Gasteiger partial charge in [-0.25, -0.2) is 0 Å². The van der Waals surface area contributed by atoms with E-state index in [1.54, 1.807) is 19.1 Å².